The Balaban J connectivity index is 1.55. The van der Waals surface area contributed by atoms with Gasteiger partial charge in [-0.15, -0.1) is 0 Å². The molecular weight excluding hydrogens is 268 g/mol. The van der Waals surface area contributed by atoms with E-state index in [1.54, 1.807) is 0 Å². The van der Waals surface area contributed by atoms with Gasteiger partial charge in [-0.2, -0.15) is 0 Å². The van der Waals surface area contributed by atoms with Crippen LogP contribution in [0.5, 0.6) is 0 Å². The number of rotatable bonds is 3. The van der Waals surface area contributed by atoms with Crippen LogP contribution in [0.25, 0.3) is 17.2 Å². The van der Waals surface area contributed by atoms with Gasteiger partial charge in [-0.05, 0) is 49.4 Å². The SMILES string of the molecule is CN1C2CCC(C2)C1C=Cc1cncc(-c2ccccc2)c1. The molecule has 2 aliphatic rings. The summed E-state index contributed by atoms with van der Waals surface area (Å²) >= 11 is 0. The van der Waals surface area contributed by atoms with E-state index < -0.39 is 0 Å². The van der Waals surface area contributed by atoms with Crippen LogP contribution < -0.4 is 0 Å². The molecule has 2 heterocycles. The van der Waals surface area contributed by atoms with Gasteiger partial charge in [-0.3, -0.25) is 9.88 Å². The normalized spacial score (nSPS) is 27.8. The summed E-state index contributed by atoms with van der Waals surface area (Å²) in [5.41, 5.74) is 3.60. The van der Waals surface area contributed by atoms with Crippen molar-refractivity contribution in [3.8, 4) is 11.1 Å². The van der Waals surface area contributed by atoms with Crippen LogP contribution in [0.3, 0.4) is 0 Å². The number of likely N-dealkylation sites (tertiary alicyclic amines) is 1. The molecule has 1 aliphatic carbocycles. The molecule has 2 nitrogen and oxygen atoms in total. The van der Waals surface area contributed by atoms with E-state index in [-0.39, 0.29) is 0 Å². The van der Waals surface area contributed by atoms with E-state index in [9.17, 15) is 0 Å². The monoisotopic (exact) mass is 290 g/mol. The van der Waals surface area contributed by atoms with Crippen LogP contribution in [0.1, 0.15) is 24.8 Å². The third-order valence-electron chi connectivity index (χ3n) is 5.33. The van der Waals surface area contributed by atoms with Crippen molar-refractivity contribution in [3.63, 3.8) is 0 Å². The first-order valence-corrected chi connectivity index (χ1v) is 8.22. The van der Waals surface area contributed by atoms with Crippen molar-refractivity contribution in [2.24, 2.45) is 5.92 Å². The summed E-state index contributed by atoms with van der Waals surface area (Å²) in [4.78, 5) is 6.96. The highest BCUT2D eigenvalue weighted by molar-refractivity contribution is 5.66. The Bertz CT molecular complexity index is 675. The molecule has 2 heteroatoms. The summed E-state index contributed by atoms with van der Waals surface area (Å²) < 4.78 is 0. The first kappa shape index (κ1) is 13.7. The second-order valence-corrected chi connectivity index (χ2v) is 6.62. The molecule has 1 saturated heterocycles. The lowest BCUT2D eigenvalue weighted by atomic mass is 9.98. The van der Waals surface area contributed by atoms with Crippen molar-refractivity contribution in [1.82, 2.24) is 9.88 Å². The van der Waals surface area contributed by atoms with Gasteiger partial charge < -0.3 is 0 Å². The minimum absolute atomic E-state index is 0.610. The largest absolute Gasteiger partial charge is 0.297 e. The maximum absolute atomic E-state index is 4.41. The highest BCUT2D eigenvalue weighted by Crippen LogP contribution is 2.41. The van der Waals surface area contributed by atoms with E-state index in [1.165, 1.54) is 36.0 Å². The fourth-order valence-electron chi connectivity index (χ4n) is 4.09. The lowest BCUT2D eigenvalue weighted by molar-refractivity contribution is 0.211. The predicted molar refractivity (Wildman–Crippen MR) is 91.4 cm³/mol. The van der Waals surface area contributed by atoms with E-state index in [1.807, 2.05) is 18.5 Å². The van der Waals surface area contributed by atoms with Crippen LogP contribution in [-0.2, 0) is 0 Å². The zero-order valence-corrected chi connectivity index (χ0v) is 13.0. The number of hydrogen-bond acceptors (Lipinski definition) is 2. The fourth-order valence-corrected chi connectivity index (χ4v) is 4.09. The third-order valence-corrected chi connectivity index (χ3v) is 5.33. The number of aromatic nitrogens is 1. The van der Waals surface area contributed by atoms with E-state index >= 15 is 0 Å². The summed E-state index contributed by atoms with van der Waals surface area (Å²) in [6.45, 7) is 0. The molecule has 3 unspecified atom stereocenters. The van der Waals surface area contributed by atoms with Crippen molar-refractivity contribution in [1.29, 1.82) is 0 Å². The van der Waals surface area contributed by atoms with Gasteiger partial charge in [0.1, 0.15) is 0 Å². The molecule has 0 radical (unpaired) electrons. The lowest BCUT2D eigenvalue weighted by Gasteiger charge is -2.29. The maximum Gasteiger partial charge on any atom is 0.0346 e. The van der Waals surface area contributed by atoms with Crippen LogP contribution in [-0.4, -0.2) is 29.0 Å². The quantitative estimate of drug-likeness (QED) is 0.840. The van der Waals surface area contributed by atoms with Gasteiger partial charge in [-0.25, -0.2) is 0 Å². The molecule has 112 valence electrons. The van der Waals surface area contributed by atoms with E-state index in [4.69, 9.17) is 0 Å². The summed E-state index contributed by atoms with van der Waals surface area (Å²) in [6, 6.07) is 14.1. The van der Waals surface area contributed by atoms with E-state index in [0.29, 0.717) is 6.04 Å². The summed E-state index contributed by atoms with van der Waals surface area (Å²) in [5, 5.41) is 0. The molecule has 0 amide bonds. The van der Waals surface area contributed by atoms with Crippen LogP contribution >= 0.6 is 0 Å². The maximum atomic E-state index is 4.41. The molecule has 2 fully saturated rings. The van der Waals surface area contributed by atoms with Gasteiger partial charge >= 0.3 is 0 Å². The molecule has 0 spiro atoms. The van der Waals surface area contributed by atoms with Crippen LogP contribution in [0.2, 0.25) is 0 Å². The Morgan fingerprint density at radius 3 is 2.73 bits per heavy atom. The Labute approximate surface area is 132 Å². The smallest absolute Gasteiger partial charge is 0.0346 e. The average molecular weight is 290 g/mol. The summed E-state index contributed by atoms with van der Waals surface area (Å²) in [7, 11) is 2.28. The molecule has 1 aliphatic heterocycles. The number of fused-ring (bicyclic) bond motifs is 2. The first-order valence-electron chi connectivity index (χ1n) is 8.22. The Hall–Kier alpha value is -1.93. The zero-order valence-electron chi connectivity index (χ0n) is 13.0. The van der Waals surface area contributed by atoms with Crippen LogP contribution in [0.15, 0.2) is 54.9 Å². The van der Waals surface area contributed by atoms with Crippen molar-refractivity contribution in [2.75, 3.05) is 7.05 Å². The van der Waals surface area contributed by atoms with E-state index in [2.05, 4.69) is 59.4 Å². The highest BCUT2D eigenvalue weighted by Gasteiger charge is 2.42. The molecule has 4 rings (SSSR count). The van der Waals surface area contributed by atoms with Crippen LogP contribution in [0.4, 0.5) is 0 Å². The molecular formula is C20H22N2. The minimum atomic E-state index is 0.610. The van der Waals surface area contributed by atoms with Gasteiger partial charge in [0, 0.05) is 30.0 Å². The number of benzene rings is 1. The molecule has 22 heavy (non-hydrogen) atoms. The molecule has 2 aromatic rings. The van der Waals surface area contributed by atoms with Crippen molar-refractivity contribution >= 4 is 6.08 Å². The third kappa shape index (κ3) is 2.48. The van der Waals surface area contributed by atoms with Gasteiger partial charge in [0.25, 0.3) is 0 Å². The van der Waals surface area contributed by atoms with Crippen molar-refractivity contribution in [3.05, 3.63) is 60.4 Å². The van der Waals surface area contributed by atoms with Crippen molar-refractivity contribution in [2.45, 2.75) is 31.3 Å². The highest BCUT2D eigenvalue weighted by atomic mass is 15.2. The predicted octanol–water partition coefficient (Wildman–Crippen LogP) is 4.24. The molecule has 2 bridgehead atoms. The van der Waals surface area contributed by atoms with Crippen LogP contribution in [0, 0.1) is 5.92 Å². The van der Waals surface area contributed by atoms with Gasteiger partial charge in [0.2, 0.25) is 0 Å². The summed E-state index contributed by atoms with van der Waals surface area (Å²) in [5.74, 6) is 0.858. The number of piperidine rings is 1. The molecule has 0 N–H and O–H groups in total. The summed E-state index contributed by atoms with van der Waals surface area (Å²) in [6.07, 6.45) is 12.7. The standard InChI is InChI=1S/C20H22N2/c1-22-19-9-8-17(12-19)20(22)10-7-15-11-18(14-21-13-15)16-5-3-2-4-6-16/h2-7,10-11,13-14,17,19-20H,8-9,12H2,1H3. The van der Waals surface area contributed by atoms with Gasteiger partial charge in [0.05, 0.1) is 0 Å². The molecule has 3 atom stereocenters. The number of nitrogens with zero attached hydrogens (tertiary/aromatic N) is 2. The Morgan fingerprint density at radius 2 is 1.95 bits per heavy atom. The topological polar surface area (TPSA) is 16.1 Å². The second kappa shape index (κ2) is 5.69. The fraction of sp³-hybridized carbons (Fsp3) is 0.350. The van der Waals surface area contributed by atoms with Crippen molar-refractivity contribution < 1.29 is 0 Å². The first-order chi connectivity index (χ1) is 10.8. The van der Waals surface area contributed by atoms with Gasteiger partial charge in [0.15, 0.2) is 0 Å². The number of likely N-dealkylation sites (N-methyl/N-ethyl adjacent to an activating group) is 1. The Kier molecular flexibility index (Phi) is 3.55. The van der Waals surface area contributed by atoms with Gasteiger partial charge in [-0.1, -0.05) is 42.5 Å². The number of hydrogen-bond donors (Lipinski definition) is 0. The molecule has 1 saturated carbocycles. The number of pyridine rings is 1. The lowest BCUT2D eigenvalue weighted by Crippen LogP contribution is -2.36. The molecule has 1 aromatic carbocycles. The Morgan fingerprint density at radius 1 is 1.09 bits per heavy atom. The minimum Gasteiger partial charge on any atom is -0.297 e. The average Bonchev–Trinajstić information content (AvgIpc) is 3.16. The second-order valence-electron chi connectivity index (χ2n) is 6.62. The zero-order chi connectivity index (χ0) is 14.9. The molecule has 1 aromatic heterocycles. The van der Waals surface area contributed by atoms with E-state index in [0.717, 1.165) is 12.0 Å².